The molecule has 0 spiro atoms. The minimum absolute atomic E-state index is 0. The van der Waals surface area contributed by atoms with Gasteiger partial charge in [-0.15, -0.1) is 24.8 Å². The molecule has 2 rings (SSSR count). The van der Waals surface area contributed by atoms with E-state index in [9.17, 15) is 0 Å². The third-order valence-electron chi connectivity index (χ3n) is 2.39. The number of likely N-dealkylation sites (tertiary alicyclic amines) is 1. The van der Waals surface area contributed by atoms with Crippen molar-refractivity contribution in [2.75, 3.05) is 26.7 Å². The number of hydrogen-bond acceptors (Lipinski definition) is 2. The van der Waals surface area contributed by atoms with Crippen LogP contribution in [0.4, 0.5) is 0 Å². The van der Waals surface area contributed by atoms with Crippen molar-refractivity contribution in [3.63, 3.8) is 0 Å². The Hall–Kier alpha value is 0.500. The quantitative estimate of drug-likeness (QED) is 0.586. The van der Waals surface area contributed by atoms with Crippen molar-refractivity contribution < 1.29 is 0 Å². The minimum atomic E-state index is 0. The normalized spacial score (nSPS) is 36.9. The Balaban J connectivity index is 0.000000405. The number of hydrogen-bond donors (Lipinski definition) is 1. The molecule has 0 aromatic carbocycles. The van der Waals surface area contributed by atoms with Crippen LogP contribution in [0, 0.1) is 5.92 Å². The summed E-state index contributed by atoms with van der Waals surface area (Å²) in [5.41, 5.74) is 0. The van der Waals surface area contributed by atoms with Crippen LogP contribution in [0.25, 0.3) is 0 Å². The van der Waals surface area contributed by atoms with Crippen LogP contribution in [0.3, 0.4) is 0 Å². The highest BCUT2D eigenvalue weighted by Crippen LogP contribution is 2.24. The molecule has 62 valence electrons. The summed E-state index contributed by atoms with van der Waals surface area (Å²) in [4.78, 5) is 2.42. The Kier molecular flexibility index (Phi) is 3.95. The number of halogens is 2. The Bertz CT molecular complexity index is 110. The zero-order valence-corrected chi connectivity index (χ0v) is 7.67. The largest absolute Gasteiger partial charge is 0.315 e. The van der Waals surface area contributed by atoms with E-state index < -0.39 is 0 Å². The maximum atomic E-state index is 3.37. The summed E-state index contributed by atoms with van der Waals surface area (Å²) in [5, 5.41) is 3.37. The lowest BCUT2D eigenvalue weighted by atomic mass is 9.93. The molecule has 2 unspecified atom stereocenters. The predicted molar refractivity (Wildman–Crippen MR) is 47.3 cm³/mol. The number of nitrogens with zero attached hydrogens (tertiary/aromatic N) is 1. The highest BCUT2D eigenvalue weighted by molar-refractivity contribution is 5.85. The number of nitrogens with one attached hydrogen (secondary N) is 1. The highest BCUT2D eigenvalue weighted by Gasteiger charge is 2.39. The molecule has 0 aromatic heterocycles. The molecule has 2 aliphatic heterocycles. The minimum Gasteiger partial charge on any atom is -0.315 e. The molecule has 0 aliphatic carbocycles. The molecule has 0 saturated carbocycles. The van der Waals surface area contributed by atoms with Crippen LogP contribution in [0.5, 0.6) is 0 Å². The smallest absolute Gasteiger partial charge is 0.0270 e. The van der Waals surface area contributed by atoms with Gasteiger partial charge in [0.2, 0.25) is 0 Å². The maximum Gasteiger partial charge on any atom is 0.0270 e. The Morgan fingerprint density at radius 1 is 1.30 bits per heavy atom. The molecule has 0 bridgehead atoms. The standard InChI is InChI=1S/C6H12N2.2ClH/c1-8-4-5-2-7-3-6(5)8;;/h5-7H,2-4H2,1H3;2*1H. The molecule has 0 radical (unpaired) electrons. The predicted octanol–water partition coefficient (Wildman–Crippen LogP) is 0.363. The van der Waals surface area contributed by atoms with Crippen molar-refractivity contribution in [2.24, 2.45) is 5.92 Å². The second-order valence-corrected chi connectivity index (χ2v) is 2.93. The zero-order valence-electron chi connectivity index (χ0n) is 6.04. The van der Waals surface area contributed by atoms with Gasteiger partial charge in [-0.1, -0.05) is 0 Å². The molecule has 10 heavy (non-hydrogen) atoms. The van der Waals surface area contributed by atoms with Gasteiger partial charge in [-0.05, 0) is 7.05 Å². The van der Waals surface area contributed by atoms with E-state index in [0.29, 0.717) is 0 Å². The molecule has 2 nitrogen and oxygen atoms in total. The van der Waals surface area contributed by atoms with Gasteiger partial charge in [0, 0.05) is 31.6 Å². The van der Waals surface area contributed by atoms with E-state index in [1.807, 2.05) is 0 Å². The Labute approximate surface area is 74.2 Å². The molecule has 1 N–H and O–H groups in total. The van der Waals surface area contributed by atoms with Crippen LogP contribution in [0.1, 0.15) is 0 Å². The number of rotatable bonds is 0. The number of likely N-dealkylation sites (N-methyl/N-ethyl adjacent to an activating group) is 1. The molecular formula is C6H14Cl2N2. The summed E-state index contributed by atoms with van der Waals surface area (Å²) in [6, 6.07) is 0.884. The van der Waals surface area contributed by atoms with Crippen molar-refractivity contribution >= 4 is 24.8 Å². The van der Waals surface area contributed by atoms with Gasteiger partial charge in [0.15, 0.2) is 0 Å². The van der Waals surface area contributed by atoms with Gasteiger partial charge in [-0.2, -0.15) is 0 Å². The average Bonchev–Trinajstić information content (AvgIpc) is 2.09. The molecular weight excluding hydrogens is 171 g/mol. The fourth-order valence-electron chi connectivity index (χ4n) is 1.79. The fourth-order valence-corrected chi connectivity index (χ4v) is 1.79. The van der Waals surface area contributed by atoms with Gasteiger partial charge < -0.3 is 10.2 Å². The van der Waals surface area contributed by atoms with Crippen LogP contribution < -0.4 is 5.32 Å². The molecule has 0 amide bonds. The average molecular weight is 185 g/mol. The van der Waals surface area contributed by atoms with E-state index >= 15 is 0 Å². The summed E-state index contributed by atoms with van der Waals surface area (Å²) in [7, 11) is 2.20. The Morgan fingerprint density at radius 3 is 2.40 bits per heavy atom. The second-order valence-electron chi connectivity index (χ2n) is 2.93. The van der Waals surface area contributed by atoms with Crippen molar-refractivity contribution in [3.8, 4) is 0 Å². The number of fused-ring (bicyclic) bond motifs is 1. The van der Waals surface area contributed by atoms with Crippen molar-refractivity contribution in [1.29, 1.82) is 0 Å². The SMILES string of the molecule is CN1CC2CNCC21.Cl.Cl. The van der Waals surface area contributed by atoms with E-state index in [-0.39, 0.29) is 24.8 Å². The second kappa shape index (κ2) is 3.77. The molecule has 2 aliphatic rings. The van der Waals surface area contributed by atoms with Crippen LogP contribution in [0.2, 0.25) is 0 Å². The molecule has 2 heterocycles. The first-order valence-electron chi connectivity index (χ1n) is 3.29. The monoisotopic (exact) mass is 184 g/mol. The lowest BCUT2D eigenvalue weighted by Crippen LogP contribution is -2.52. The van der Waals surface area contributed by atoms with Crippen molar-refractivity contribution in [2.45, 2.75) is 6.04 Å². The van der Waals surface area contributed by atoms with Gasteiger partial charge in [0.05, 0.1) is 0 Å². The van der Waals surface area contributed by atoms with Gasteiger partial charge in [0.25, 0.3) is 0 Å². The van der Waals surface area contributed by atoms with Gasteiger partial charge in [-0.25, -0.2) is 0 Å². The van der Waals surface area contributed by atoms with E-state index in [1.165, 1.54) is 19.6 Å². The van der Waals surface area contributed by atoms with Crippen LogP contribution >= 0.6 is 24.8 Å². The molecule has 2 fully saturated rings. The molecule has 0 aromatic rings. The highest BCUT2D eigenvalue weighted by atomic mass is 35.5. The van der Waals surface area contributed by atoms with Gasteiger partial charge >= 0.3 is 0 Å². The summed E-state index contributed by atoms with van der Waals surface area (Å²) in [6.45, 7) is 3.80. The maximum absolute atomic E-state index is 3.37. The summed E-state index contributed by atoms with van der Waals surface area (Å²) >= 11 is 0. The molecule has 4 heteroatoms. The van der Waals surface area contributed by atoms with Gasteiger partial charge in [0.1, 0.15) is 0 Å². The van der Waals surface area contributed by atoms with Crippen LogP contribution in [0.15, 0.2) is 0 Å². The molecule has 2 atom stereocenters. The third-order valence-corrected chi connectivity index (χ3v) is 2.39. The summed E-state index contributed by atoms with van der Waals surface area (Å²) in [6.07, 6.45) is 0. The van der Waals surface area contributed by atoms with Crippen LogP contribution in [-0.4, -0.2) is 37.6 Å². The van der Waals surface area contributed by atoms with E-state index in [1.54, 1.807) is 0 Å². The lowest BCUT2D eigenvalue weighted by molar-refractivity contribution is 0.0827. The van der Waals surface area contributed by atoms with Crippen LogP contribution in [-0.2, 0) is 0 Å². The molecule has 2 saturated heterocycles. The lowest BCUT2D eigenvalue weighted by Gasteiger charge is -2.40. The van der Waals surface area contributed by atoms with Gasteiger partial charge in [-0.3, -0.25) is 0 Å². The first-order chi connectivity index (χ1) is 3.88. The van der Waals surface area contributed by atoms with Crippen molar-refractivity contribution in [3.05, 3.63) is 0 Å². The topological polar surface area (TPSA) is 15.3 Å². The summed E-state index contributed by atoms with van der Waals surface area (Å²) in [5.74, 6) is 0.986. The van der Waals surface area contributed by atoms with E-state index in [2.05, 4.69) is 17.3 Å². The van der Waals surface area contributed by atoms with Crippen molar-refractivity contribution in [1.82, 2.24) is 10.2 Å². The first kappa shape index (κ1) is 10.5. The fraction of sp³-hybridized carbons (Fsp3) is 1.00. The first-order valence-corrected chi connectivity index (χ1v) is 3.29. The zero-order chi connectivity index (χ0) is 5.56. The van der Waals surface area contributed by atoms with E-state index in [0.717, 1.165) is 12.0 Å². The third kappa shape index (κ3) is 1.40. The van der Waals surface area contributed by atoms with E-state index in [4.69, 9.17) is 0 Å². The Morgan fingerprint density at radius 2 is 2.00 bits per heavy atom. The summed E-state index contributed by atoms with van der Waals surface area (Å²) < 4.78 is 0.